The molecule has 1 unspecified atom stereocenters. The summed E-state index contributed by atoms with van der Waals surface area (Å²) in [7, 11) is 1.29. The Balaban J connectivity index is 2.16. The molecule has 16 heavy (non-hydrogen) atoms. The maximum Gasteiger partial charge on any atom is 0.121 e. The molecule has 0 aromatic carbocycles. The van der Waals surface area contributed by atoms with Gasteiger partial charge in [0.15, 0.2) is 0 Å². The molecule has 2 nitrogen and oxygen atoms in total. The van der Waals surface area contributed by atoms with Gasteiger partial charge in [-0.05, 0) is 42.5 Å². The van der Waals surface area contributed by atoms with Gasteiger partial charge in [-0.1, -0.05) is 25.1 Å². The van der Waals surface area contributed by atoms with Gasteiger partial charge in [0.25, 0.3) is 0 Å². The molecular weight excluding hydrogens is 197 g/mol. The van der Waals surface area contributed by atoms with E-state index in [1.807, 2.05) is 0 Å². The van der Waals surface area contributed by atoms with Crippen LogP contribution in [0.25, 0.3) is 0 Å². The van der Waals surface area contributed by atoms with Crippen molar-refractivity contribution in [3.05, 3.63) is 22.8 Å². The van der Waals surface area contributed by atoms with Gasteiger partial charge in [0.1, 0.15) is 7.28 Å². The van der Waals surface area contributed by atoms with Crippen LogP contribution in [0.1, 0.15) is 25.7 Å². The van der Waals surface area contributed by atoms with Crippen molar-refractivity contribution in [2.75, 3.05) is 19.7 Å². The zero-order valence-corrected chi connectivity index (χ0v) is 10.3. The molecule has 2 N–H and O–H groups in total. The number of hydrogen-bond acceptors (Lipinski definition) is 2. The fourth-order valence-electron chi connectivity index (χ4n) is 2.86. The third kappa shape index (κ3) is 2.58. The van der Waals surface area contributed by atoms with Gasteiger partial charge >= 0.3 is 0 Å². The smallest absolute Gasteiger partial charge is 0.121 e. The molecule has 1 heterocycles. The first-order valence-electron chi connectivity index (χ1n) is 6.57. The molecule has 2 rings (SSSR count). The summed E-state index contributed by atoms with van der Waals surface area (Å²) in [6.45, 7) is 4.45. The SMILES string of the molecule is CBC1CCC=C(C2=C(CO)CNCC2)C1. The van der Waals surface area contributed by atoms with Gasteiger partial charge in [0, 0.05) is 6.54 Å². The van der Waals surface area contributed by atoms with Crippen molar-refractivity contribution in [3.8, 4) is 0 Å². The lowest BCUT2D eigenvalue weighted by Gasteiger charge is -2.27. The summed E-state index contributed by atoms with van der Waals surface area (Å²) in [5.41, 5.74) is 4.21. The number of hydrogen-bond donors (Lipinski definition) is 2. The van der Waals surface area contributed by atoms with Crippen molar-refractivity contribution in [2.24, 2.45) is 0 Å². The molecule has 2 aliphatic rings. The van der Waals surface area contributed by atoms with Crippen LogP contribution in [0.15, 0.2) is 22.8 Å². The Kier molecular flexibility index (Phi) is 4.25. The van der Waals surface area contributed by atoms with Crippen molar-refractivity contribution >= 4 is 7.28 Å². The van der Waals surface area contributed by atoms with E-state index < -0.39 is 0 Å². The summed E-state index contributed by atoms with van der Waals surface area (Å²) in [6.07, 6.45) is 7.30. The first-order valence-corrected chi connectivity index (χ1v) is 6.57. The van der Waals surface area contributed by atoms with E-state index in [0.29, 0.717) is 0 Å². The fourth-order valence-corrected chi connectivity index (χ4v) is 2.86. The zero-order valence-electron chi connectivity index (χ0n) is 10.3. The lowest BCUT2D eigenvalue weighted by molar-refractivity contribution is 0.323. The predicted octanol–water partition coefficient (Wildman–Crippen LogP) is 1.65. The quantitative estimate of drug-likeness (QED) is 0.707. The largest absolute Gasteiger partial charge is 0.392 e. The molecule has 0 saturated carbocycles. The molecule has 1 atom stereocenters. The van der Waals surface area contributed by atoms with Crippen molar-refractivity contribution in [2.45, 2.75) is 38.3 Å². The van der Waals surface area contributed by atoms with Crippen LogP contribution in [-0.4, -0.2) is 32.1 Å². The van der Waals surface area contributed by atoms with Crippen LogP contribution in [0, 0.1) is 0 Å². The molecule has 0 saturated heterocycles. The molecule has 88 valence electrons. The van der Waals surface area contributed by atoms with E-state index in [2.05, 4.69) is 18.2 Å². The number of allylic oxidation sites excluding steroid dienone is 2. The summed E-state index contributed by atoms with van der Waals surface area (Å²) >= 11 is 0. The molecule has 0 fully saturated rings. The fraction of sp³-hybridized carbons (Fsp3) is 0.692. The van der Waals surface area contributed by atoms with Crippen molar-refractivity contribution in [3.63, 3.8) is 0 Å². The molecule has 3 heteroatoms. The van der Waals surface area contributed by atoms with E-state index in [-0.39, 0.29) is 6.61 Å². The number of aliphatic hydroxyl groups excluding tert-OH is 1. The third-order valence-corrected chi connectivity index (χ3v) is 3.95. The van der Waals surface area contributed by atoms with E-state index in [1.54, 1.807) is 0 Å². The number of nitrogens with one attached hydrogen (secondary N) is 1. The summed E-state index contributed by atoms with van der Waals surface area (Å²) < 4.78 is 0. The highest BCUT2D eigenvalue weighted by molar-refractivity contribution is 6.35. The average molecular weight is 219 g/mol. The van der Waals surface area contributed by atoms with Crippen LogP contribution in [0.3, 0.4) is 0 Å². The summed E-state index contributed by atoms with van der Waals surface area (Å²) in [5, 5.41) is 12.7. The molecule has 1 aliphatic heterocycles. The highest BCUT2D eigenvalue weighted by Gasteiger charge is 2.20. The second-order valence-corrected chi connectivity index (χ2v) is 4.95. The Morgan fingerprint density at radius 3 is 3.19 bits per heavy atom. The highest BCUT2D eigenvalue weighted by atomic mass is 16.3. The van der Waals surface area contributed by atoms with Gasteiger partial charge in [-0.25, -0.2) is 0 Å². The Bertz CT molecular complexity index is 309. The maximum absolute atomic E-state index is 9.39. The van der Waals surface area contributed by atoms with Crippen molar-refractivity contribution < 1.29 is 5.11 Å². The standard InChI is InChI=1S/C13H22BNO/c1-14-12-4-2-3-10(7-12)13-5-6-15-8-11(13)9-16/h3,12,14-16H,2,4-9H2,1H3. The molecule has 0 aromatic rings. The van der Waals surface area contributed by atoms with E-state index in [0.717, 1.165) is 25.3 Å². The highest BCUT2D eigenvalue weighted by Crippen LogP contribution is 2.34. The van der Waals surface area contributed by atoms with Gasteiger partial charge in [-0.15, -0.1) is 0 Å². The Hall–Kier alpha value is -0.535. The lowest BCUT2D eigenvalue weighted by Crippen LogP contribution is -2.27. The summed E-state index contributed by atoms with van der Waals surface area (Å²) in [4.78, 5) is 0. The predicted molar refractivity (Wildman–Crippen MR) is 70.3 cm³/mol. The van der Waals surface area contributed by atoms with E-state index in [9.17, 15) is 5.11 Å². The van der Waals surface area contributed by atoms with Gasteiger partial charge in [-0.3, -0.25) is 0 Å². The zero-order chi connectivity index (χ0) is 11.4. The minimum atomic E-state index is 0.219. The molecule has 0 spiro atoms. The number of rotatable bonds is 3. The topological polar surface area (TPSA) is 32.3 Å². The third-order valence-electron chi connectivity index (χ3n) is 3.95. The van der Waals surface area contributed by atoms with Crippen LogP contribution in [0.5, 0.6) is 0 Å². The van der Waals surface area contributed by atoms with E-state index >= 15 is 0 Å². The Labute approximate surface area is 99.1 Å². The molecule has 0 radical (unpaired) electrons. The Morgan fingerprint density at radius 1 is 1.56 bits per heavy atom. The molecule has 0 aromatic heterocycles. The van der Waals surface area contributed by atoms with Gasteiger partial charge in [-0.2, -0.15) is 0 Å². The van der Waals surface area contributed by atoms with Crippen LogP contribution in [-0.2, 0) is 0 Å². The number of aliphatic hydroxyl groups is 1. The van der Waals surface area contributed by atoms with Crippen LogP contribution < -0.4 is 5.32 Å². The van der Waals surface area contributed by atoms with Crippen LogP contribution >= 0.6 is 0 Å². The van der Waals surface area contributed by atoms with Gasteiger partial charge in [0.05, 0.1) is 6.61 Å². The minimum Gasteiger partial charge on any atom is -0.392 e. The lowest BCUT2D eigenvalue weighted by atomic mass is 9.60. The van der Waals surface area contributed by atoms with Crippen LogP contribution in [0.4, 0.5) is 0 Å². The maximum atomic E-state index is 9.39. The Morgan fingerprint density at radius 2 is 2.44 bits per heavy atom. The molecular formula is C13H22BNO. The average Bonchev–Trinajstić information content (AvgIpc) is 2.38. The normalized spacial score (nSPS) is 26.6. The summed E-state index contributed by atoms with van der Waals surface area (Å²) in [5.74, 6) is 0.863. The monoisotopic (exact) mass is 219 g/mol. The molecule has 1 aliphatic carbocycles. The van der Waals surface area contributed by atoms with Crippen LogP contribution in [0.2, 0.25) is 12.6 Å². The summed E-state index contributed by atoms with van der Waals surface area (Å²) in [6, 6.07) is 0. The van der Waals surface area contributed by atoms with Crippen molar-refractivity contribution in [1.29, 1.82) is 0 Å². The molecule has 0 bridgehead atoms. The second kappa shape index (κ2) is 5.69. The second-order valence-electron chi connectivity index (χ2n) is 4.95. The van der Waals surface area contributed by atoms with E-state index in [1.165, 1.54) is 43.3 Å². The molecule has 0 amide bonds. The first kappa shape index (κ1) is 11.9. The van der Waals surface area contributed by atoms with Crippen molar-refractivity contribution in [1.82, 2.24) is 5.32 Å². The first-order chi connectivity index (χ1) is 7.85. The van der Waals surface area contributed by atoms with Gasteiger partial charge in [0.2, 0.25) is 0 Å². The van der Waals surface area contributed by atoms with E-state index in [4.69, 9.17) is 0 Å². The van der Waals surface area contributed by atoms with Gasteiger partial charge < -0.3 is 10.4 Å². The minimum absolute atomic E-state index is 0.219.